The van der Waals surface area contributed by atoms with E-state index in [1.54, 1.807) is 0 Å². The fourth-order valence-corrected chi connectivity index (χ4v) is 2.33. The number of carbonyl (C=O) groups is 2. The number of hydrogen-bond acceptors (Lipinski definition) is 3. The number of carbonyl (C=O) groups excluding carboxylic acids is 1. The maximum Gasteiger partial charge on any atom is 0.327 e. The minimum atomic E-state index is -0.929. The second-order valence-corrected chi connectivity index (χ2v) is 4.06. The van der Waals surface area contributed by atoms with Gasteiger partial charge in [-0.3, -0.25) is 0 Å². The largest absolute Gasteiger partial charge is 0.480 e. The van der Waals surface area contributed by atoms with Gasteiger partial charge in [0.25, 0.3) is 0 Å². The highest BCUT2D eigenvalue weighted by Crippen LogP contribution is 2.20. The molecule has 1 aliphatic rings. The first kappa shape index (κ1) is 11.2. The van der Waals surface area contributed by atoms with E-state index >= 15 is 0 Å². The lowest BCUT2D eigenvalue weighted by atomic mass is 10.3. The van der Waals surface area contributed by atoms with E-state index in [2.05, 4.69) is 5.32 Å². The molecule has 0 bridgehead atoms. The average molecular weight is 218 g/mol. The third-order valence-electron chi connectivity index (χ3n) is 1.95. The van der Waals surface area contributed by atoms with Gasteiger partial charge in [-0.2, -0.15) is 0 Å². The van der Waals surface area contributed by atoms with Crippen LogP contribution in [0.1, 0.15) is 13.3 Å². The molecule has 6 heteroatoms. The van der Waals surface area contributed by atoms with Crippen molar-refractivity contribution in [3.05, 3.63) is 0 Å². The van der Waals surface area contributed by atoms with Crippen LogP contribution < -0.4 is 5.32 Å². The number of carboxylic acids is 1. The molecule has 1 rings (SSSR count). The molecular formula is C8H14N2O3S. The average Bonchev–Trinajstić information content (AvgIpc) is 2.62. The van der Waals surface area contributed by atoms with Gasteiger partial charge in [0.1, 0.15) is 6.04 Å². The summed E-state index contributed by atoms with van der Waals surface area (Å²) in [6, 6.07) is -0.943. The van der Waals surface area contributed by atoms with E-state index in [0.717, 1.165) is 6.42 Å². The Morgan fingerprint density at radius 2 is 2.36 bits per heavy atom. The van der Waals surface area contributed by atoms with Gasteiger partial charge in [0, 0.05) is 12.3 Å². The molecule has 1 heterocycles. The van der Waals surface area contributed by atoms with Crippen molar-refractivity contribution in [2.24, 2.45) is 0 Å². The smallest absolute Gasteiger partial charge is 0.327 e. The molecule has 1 fully saturated rings. The molecule has 0 aromatic carbocycles. The Kier molecular flexibility index (Phi) is 4.06. The Morgan fingerprint density at radius 3 is 2.93 bits per heavy atom. The first-order chi connectivity index (χ1) is 6.66. The van der Waals surface area contributed by atoms with Crippen LogP contribution in [-0.2, 0) is 4.79 Å². The van der Waals surface area contributed by atoms with Crippen molar-refractivity contribution in [3.63, 3.8) is 0 Å². The van der Waals surface area contributed by atoms with Gasteiger partial charge in [-0.05, 0) is 6.42 Å². The van der Waals surface area contributed by atoms with Crippen LogP contribution in [0.3, 0.4) is 0 Å². The molecule has 0 aromatic heterocycles. The van der Waals surface area contributed by atoms with Crippen LogP contribution in [0.2, 0.25) is 0 Å². The number of urea groups is 1. The summed E-state index contributed by atoms with van der Waals surface area (Å²) in [5.74, 6) is 0.0168. The second-order valence-electron chi connectivity index (χ2n) is 3.06. The van der Waals surface area contributed by atoms with E-state index in [0.29, 0.717) is 18.2 Å². The minimum absolute atomic E-state index is 0.274. The molecule has 1 atom stereocenters. The number of carboxylic acid groups (broad SMARTS) is 1. The highest BCUT2D eigenvalue weighted by Gasteiger charge is 2.34. The molecule has 0 aromatic rings. The van der Waals surface area contributed by atoms with Gasteiger partial charge in [0.15, 0.2) is 0 Å². The highest BCUT2D eigenvalue weighted by molar-refractivity contribution is 7.99. The Balaban J connectivity index is 2.49. The van der Waals surface area contributed by atoms with E-state index in [1.807, 2.05) is 6.92 Å². The zero-order chi connectivity index (χ0) is 10.6. The van der Waals surface area contributed by atoms with Crippen LogP contribution >= 0.6 is 11.8 Å². The number of hydrogen-bond donors (Lipinski definition) is 2. The lowest BCUT2D eigenvalue weighted by Gasteiger charge is -2.20. The van der Waals surface area contributed by atoms with Crippen LogP contribution in [0, 0.1) is 0 Å². The lowest BCUT2D eigenvalue weighted by molar-refractivity contribution is -0.140. The molecule has 1 saturated heterocycles. The minimum Gasteiger partial charge on any atom is -0.480 e. The van der Waals surface area contributed by atoms with E-state index in [1.165, 1.54) is 16.7 Å². The van der Waals surface area contributed by atoms with Crippen molar-refractivity contribution in [2.75, 3.05) is 18.2 Å². The van der Waals surface area contributed by atoms with Gasteiger partial charge in [-0.1, -0.05) is 6.92 Å². The van der Waals surface area contributed by atoms with Gasteiger partial charge >= 0.3 is 12.0 Å². The Morgan fingerprint density at radius 1 is 1.64 bits per heavy atom. The van der Waals surface area contributed by atoms with Crippen LogP contribution in [0.25, 0.3) is 0 Å². The number of nitrogens with one attached hydrogen (secondary N) is 1. The predicted octanol–water partition coefficient (Wildman–Crippen LogP) is 0.566. The summed E-state index contributed by atoms with van der Waals surface area (Å²) in [7, 11) is 0. The zero-order valence-electron chi connectivity index (χ0n) is 8.02. The van der Waals surface area contributed by atoms with Gasteiger partial charge in [0.05, 0.1) is 5.88 Å². The van der Waals surface area contributed by atoms with Gasteiger partial charge in [-0.25, -0.2) is 9.59 Å². The van der Waals surface area contributed by atoms with E-state index in [4.69, 9.17) is 5.11 Å². The summed E-state index contributed by atoms with van der Waals surface area (Å²) in [6.07, 6.45) is 0.852. The van der Waals surface area contributed by atoms with Crippen LogP contribution in [0.4, 0.5) is 4.79 Å². The first-order valence-corrected chi connectivity index (χ1v) is 5.67. The number of nitrogens with zero attached hydrogens (tertiary/aromatic N) is 1. The second kappa shape index (κ2) is 5.09. The Labute approximate surface area is 86.8 Å². The summed E-state index contributed by atoms with van der Waals surface area (Å²) in [6.45, 7) is 2.54. The molecule has 0 aliphatic carbocycles. The molecule has 1 unspecified atom stereocenters. The molecule has 2 amide bonds. The molecule has 2 N–H and O–H groups in total. The van der Waals surface area contributed by atoms with Crippen molar-refractivity contribution in [2.45, 2.75) is 19.4 Å². The third kappa shape index (κ3) is 2.54. The highest BCUT2D eigenvalue weighted by atomic mass is 32.2. The molecule has 0 spiro atoms. The fourth-order valence-electron chi connectivity index (χ4n) is 1.18. The normalized spacial score (nSPS) is 20.9. The van der Waals surface area contributed by atoms with Crippen molar-refractivity contribution in [1.82, 2.24) is 10.2 Å². The molecule has 14 heavy (non-hydrogen) atoms. The SMILES string of the molecule is CCCNC(=O)N1CSCC1C(=O)O. The lowest BCUT2D eigenvalue weighted by Crippen LogP contribution is -2.47. The third-order valence-corrected chi connectivity index (χ3v) is 2.97. The van der Waals surface area contributed by atoms with Crippen molar-refractivity contribution < 1.29 is 14.7 Å². The van der Waals surface area contributed by atoms with E-state index in [-0.39, 0.29) is 6.03 Å². The number of aliphatic carboxylic acids is 1. The van der Waals surface area contributed by atoms with Crippen LogP contribution in [0.15, 0.2) is 0 Å². The summed E-state index contributed by atoms with van der Waals surface area (Å²) in [5.41, 5.74) is 0. The Bertz CT molecular complexity index is 235. The molecule has 80 valence electrons. The number of thioether (sulfide) groups is 1. The monoisotopic (exact) mass is 218 g/mol. The molecular weight excluding hydrogens is 204 g/mol. The summed E-state index contributed by atoms with van der Waals surface area (Å²) < 4.78 is 0. The maximum absolute atomic E-state index is 11.5. The first-order valence-electron chi connectivity index (χ1n) is 4.51. The molecule has 1 aliphatic heterocycles. The topological polar surface area (TPSA) is 69.6 Å². The molecule has 5 nitrogen and oxygen atoms in total. The quantitative estimate of drug-likeness (QED) is 0.726. The standard InChI is InChI=1S/C8H14N2O3S/c1-2-3-9-8(13)10-5-14-4-6(10)7(11)12/h6H,2-5H2,1H3,(H,9,13)(H,11,12). The van der Waals surface area contributed by atoms with Gasteiger partial charge in [-0.15, -0.1) is 11.8 Å². The van der Waals surface area contributed by atoms with Crippen molar-refractivity contribution in [3.8, 4) is 0 Å². The summed E-state index contributed by atoms with van der Waals surface area (Å²) in [4.78, 5) is 23.6. The molecule has 0 saturated carbocycles. The number of rotatable bonds is 3. The zero-order valence-corrected chi connectivity index (χ0v) is 8.84. The molecule has 0 radical (unpaired) electrons. The number of amides is 2. The summed E-state index contributed by atoms with van der Waals surface area (Å²) >= 11 is 1.46. The van der Waals surface area contributed by atoms with Crippen LogP contribution in [-0.4, -0.2) is 46.2 Å². The van der Waals surface area contributed by atoms with E-state index in [9.17, 15) is 9.59 Å². The maximum atomic E-state index is 11.5. The van der Waals surface area contributed by atoms with Crippen LogP contribution in [0.5, 0.6) is 0 Å². The summed E-state index contributed by atoms with van der Waals surface area (Å²) in [5, 5.41) is 11.5. The van der Waals surface area contributed by atoms with Crippen molar-refractivity contribution in [1.29, 1.82) is 0 Å². The predicted molar refractivity (Wildman–Crippen MR) is 54.3 cm³/mol. The Hall–Kier alpha value is -0.910. The van der Waals surface area contributed by atoms with E-state index < -0.39 is 12.0 Å². The van der Waals surface area contributed by atoms with Gasteiger partial charge in [0.2, 0.25) is 0 Å². The van der Waals surface area contributed by atoms with Crippen molar-refractivity contribution >= 4 is 23.8 Å². The van der Waals surface area contributed by atoms with Gasteiger partial charge < -0.3 is 15.3 Å². The fraction of sp³-hybridized carbons (Fsp3) is 0.750.